The van der Waals surface area contributed by atoms with E-state index in [0.29, 0.717) is 21.8 Å². The molecule has 1 aromatic carbocycles. The third kappa shape index (κ3) is 4.22. The van der Waals surface area contributed by atoms with Crippen LogP contribution in [-0.4, -0.2) is 28.5 Å². The number of anilines is 2. The molecule has 7 heteroatoms. The van der Waals surface area contributed by atoms with E-state index in [4.69, 9.17) is 23.2 Å². The number of carbonyl (C=O) groups is 1. The number of hydrogen-bond acceptors (Lipinski definition) is 4. The summed E-state index contributed by atoms with van der Waals surface area (Å²) in [5, 5.41) is 3.57. The molecule has 1 unspecified atom stereocenters. The number of hydrogen-bond donors (Lipinski definition) is 1. The normalized spacial score (nSPS) is 17.4. The van der Waals surface area contributed by atoms with E-state index in [1.807, 2.05) is 0 Å². The van der Waals surface area contributed by atoms with Gasteiger partial charge < -0.3 is 10.2 Å². The van der Waals surface area contributed by atoms with Gasteiger partial charge in [-0.05, 0) is 43.9 Å². The van der Waals surface area contributed by atoms with Gasteiger partial charge >= 0.3 is 0 Å². The van der Waals surface area contributed by atoms with Crippen LogP contribution >= 0.6 is 23.2 Å². The van der Waals surface area contributed by atoms with Crippen molar-refractivity contribution in [2.24, 2.45) is 0 Å². The molecule has 1 N–H and O–H groups in total. The van der Waals surface area contributed by atoms with Gasteiger partial charge in [0.2, 0.25) is 0 Å². The van der Waals surface area contributed by atoms with Crippen LogP contribution in [0.2, 0.25) is 10.0 Å². The number of carbonyl (C=O) groups excluding carboxylic acids is 1. The molecular weight excluding hydrogens is 359 g/mol. The Hall–Kier alpha value is -1.85. The maximum absolute atomic E-state index is 12.3. The van der Waals surface area contributed by atoms with E-state index in [2.05, 4.69) is 27.1 Å². The van der Waals surface area contributed by atoms with E-state index < -0.39 is 0 Å². The molecule has 1 fully saturated rings. The summed E-state index contributed by atoms with van der Waals surface area (Å²) in [5.74, 6) is 0.501. The minimum atomic E-state index is -0.330. The molecule has 132 valence electrons. The van der Waals surface area contributed by atoms with Gasteiger partial charge in [0, 0.05) is 18.3 Å². The lowest BCUT2D eigenvalue weighted by molar-refractivity contribution is 0.102. The highest BCUT2D eigenvalue weighted by molar-refractivity contribution is 6.42. The molecule has 1 aliphatic heterocycles. The molecule has 25 heavy (non-hydrogen) atoms. The Morgan fingerprint density at radius 3 is 2.76 bits per heavy atom. The van der Waals surface area contributed by atoms with Gasteiger partial charge in [-0.3, -0.25) is 4.79 Å². The predicted molar refractivity (Wildman–Crippen MR) is 102 cm³/mol. The first-order valence-corrected chi connectivity index (χ1v) is 9.19. The van der Waals surface area contributed by atoms with Crippen LogP contribution in [0.15, 0.2) is 30.6 Å². The number of nitrogens with zero attached hydrogens (tertiary/aromatic N) is 3. The van der Waals surface area contributed by atoms with Crippen molar-refractivity contribution in [2.75, 3.05) is 16.8 Å². The van der Waals surface area contributed by atoms with Crippen LogP contribution in [0.4, 0.5) is 11.5 Å². The van der Waals surface area contributed by atoms with Crippen LogP contribution in [0.25, 0.3) is 0 Å². The van der Waals surface area contributed by atoms with E-state index in [9.17, 15) is 4.79 Å². The molecule has 3 rings (SSSR count). The first-order valence-electron chi connectivity index (χ1n) is 8.43. The summed E-state index contributed by atoms with van der Waals surface area (Å²) in [6.07, 6.45) is 7.88. The molecule has 2 heterocycles. The number of piperidine rings is 1. The summed E-state index contributed by atoms with van der Waals surface area (Å²) in [5.41, 5.74) is 0.826. The Kier molecular flexibility index (Phi) is 5.76. The van der Waals surface area contributed by atoms with Crippen LogP contribution in [0.1, 0.15) is 43.1 Å². The fourth-order valence-corrected chi connectivity index (χ4v) is 3.38. The van der Waals surface area contributed by atoms with Crippen LogP contribution in [0, 0.1) is 0 Å². The topological polar surface area (TPSA) is 58.1 Å². The van der Waals surface area contributed by atoms with E-state index in [1.165, 1.54) is 19.0 Å². The molecule has 0 saturated carbocycles. The largest absolute Gasteiger partial charge is 0.352 e. The lowest BCUT2D eigenvalue weighted by Gasteiger charge is -2.35. The Morgan fingerprint density at radius 1 is 1.24 bits per heavy atom. The number of nitrogens with one attached hydrogen (secondary N) is 1. The molecule has 1 aromatic heterocycles. The number of aromatic nitrogens is 2. The van der Waals surface area contributed by atoms with Crippen LogP contribution in [-0.2, 0) is 0 Å². The quantitative estimate of drug-likeness (QED) is 0.829. The summed E-state index contributed by atoms with van der Waals surface area (Å²) in [6.45, 7) is 3.18. The standard InChI is InChI=1S/C18H20Cl2N4O/c1-2-13-5-3-4-8-24(13)17-11-21-16(10-22-17)18(25)23-12-6-7-14(19)15(20)9-12/h6-7,9-11,13H,2-5,8H2,1H3,(H,23,25). The second kappa shape index (κ2) is 8.02. The van der Waals surface area contributed by atoms with Gasteiger partial charge in [-0.2, -0.15) is 0 Å². The molecule has 1 aliphatic rings. The lowest BCUT2D eigenvalue weighted by Crippen LogP contribution is -2.39. The monoisotopic (exact) mass is 378 g/mol. The van der Waals surface area contributed by atoms with E-state index in [1.54, 1.807) is 24.4 Å². The number of amides is 1. The molecule has 0 bridgehead atoms. The molecule has 1 amide bonds. The van der Waals surface area contributed by atoms with Crippen molar-refractivity contribution in [3.8, 4) is 0 Å². The minimum Gasteiger partial charge on any atom is -0.352 e. The maximum Gasteiger partial charge on any atom is 0.275 e. The zero-order valence-electron chi connectivity index (χ0n) is 14.0. The molecule has 0 spiro atoms. The third-order valence-corrected chi connectivity index (χ3v) is 5.18. The third-order valence-electron chi connectivity index (χ3n) is 4.44. The first kappa shape index (κ1) is 18.0. The van der Waals surface area contributed by atoms with Crippen molar-refractivity contribution < 1.29 is 4.79 Å². The van der Waals surface area contributed by atoms with Gasteiger partial charge in [0.25, 0.3) is 5.91 Å². The first-order chi connectivity index (χ1) is 12.1. The number of benzene rings is 1. The van der Waals surface area contributed by atoms with Crippen LogP contribution in [0.3, 0.4) is 0 Å². The van der Waals surface area contributed by atoms with Gasteiger partial charge in [0.15, 0.2) is 0 Å². The van der Waals surface area contributed by atoms with Gasteiger partial charge in [0.05, 0.1) is 22.4 Å². The van der Waals surface area contributed by atoms with Crippen LogP contribution in [0.5, 0.6) is 0 Å². The van der Waals surface area contributed by atoms with E-state index in [-0.39, 0.29) is 11.6 Å². The zero-order chi connectivity index (χ0) is 17.8. The average Bonchev–Trinajstić information content (AvgIpc) is 2.65. The highest BCUT2D eigenvalue weighted by atomic mass is 35.5. The Labute approximate surface area is 157 Å². The number of halogens is 2. The van der Waals surface area contributed by atoms with Gasteiger partial charge in [0.1, 0.15) is 11.5 Å². The summed E-state index contributed by atoms with van der Waals surface area (Å²) >= 11 is 11.8. The van der Waals surface area contributed by atoms with Crippen molar-refractivity contribution in [2.45, 2.75) is 38.6 Å². The Bertz CT molecular complexity index is 751. The SMILES string of the molecule is CCC1CCCCN1c1cnc(C(=O)Nc2ccc(Cl)c(Cl)c2)cn1. The fourth-order valence-electron chi connectivity index (χ4n) is 3.08. The summed E-state index contributed by atoms with van der Waals surface area (Å²) < 4.78 is 0. The molecule has 0 radical (unpaired) electrons. The van der Waals surface area contributed by atoms with E-state index in [0.717, 1.165) is 25.2 Å². The smallest absolute Gasteiger partial charge is 0.275 e. The lowest BCUT2D eigenvalue weighted by atomic mass is 10.0. The molecular formula is C18H20Cl2N4O. The average molecular weight is 379 g/mol. The van der Waals surface area contributed by atoms with Gasteiger partial charge in [-0.15, -0.1) is 0 Å². The zero-order valence-corrected chi connectivity index (χ0v) is 15.5. The highest BCUT2D eigenvalue weighted by Gasteiger charge is 2.22. The van der Waals surface area contributed by atoms with Crippen molar-refractivity contribution >= 4 is 40.6 Å². The molecule has 1 saturated heterocycles. The van der Waals surface area contributed by atoms with Crippen molar-refractivity contribution in [3.63, 3.8) is 0 Å². The molecule has 2 aromatic rings. The second-order valence-electron chi connectivity index (χ2n) is 6.09. The fraction of sp³-hybridized carbons (Fsp3) is 0.389. The second-order valence-corrected chi connectivity index (χ2v) is 6.91. The summed E-state index contributed by atoms with van der Waals surface area (Å²) in [7, 11) is 0. The van der Waals surface area contributed by atoms with Crippen LogP contribution < -0.4 is 10.2 Å². The molecule has 5 nitrogen and oxygen atoms in total. The predicted octanol–water partition coefficient (Wildman–Crippen LogP) is 4.80. The van der Waals surface area contributed by atoms with Crippen molar-refractivity contribution in [1.29, 1.82) is 0 Å². The van der Waals surface area contributed by atoms with Gasteiger partial charge in [-0.25, -0.2) is 9.97 Å². The van der Waals surface area contributed by atoms with E-state index >= 15 is 0 Å². The molecule has 1 atom stereocenters. The van der Waals surface area contributed by atoms with Gasteiger partial charge in [-0.1, -0.05) is 30.1 Å². The summed E-state index contributed by atoms with van der Waals surface area (Å²) in [6, 6.07) is 5.42. The van der Waals surface area contributed by atoms with Crippen molar-refractivity contribution in [1.82, 2.24) is 9.97 Å². The Balaban J connectivity index is 1.70. The Morgan fingerprint density at radius 2 is 2.08 bits per heavy atom. The van der Waals surface area contributed by atoms with Crippen molar-refractivity contribution in [3.05, 3.63) is 46.3 Å². The minimum absolute atomic E-state index is 0.264. The maximum atomic E-state index is 12.3. The summed E-state index contributed by atoms with van der Waals surface area (Å²) in [4.78, 5) is 23.3. The highest BCUT2D eigenvalue weighted by Crippen LogP contribution is 2.26. The molecule has 0 aliphatic carbocycles. The number of rotatable bonds is 4.